The SMILES string of the molecule is CC1(C)OCC2(CCC(C)(C3CC3)N2[O])CO1. The summed E-state index contributed by atoms with van der Waals surface area (Å²) in [5, 5.41) is 14.0. The number of ether oxygens (including phenoxy) is 2. The summed E-state index contributed by atoms with van der Waals surface area (Å²) >= 11 is 0. The second-order valence-corrected chi connectivity index (χ2v) is 6.63. The molecule has 1 spiro atoms. The lowest BCUT2D eigenvalue weighted by Gasteiger charge is -2.45. The molecule has 0 aromatic heterocycles. The van der Waals surface area contributed by atoms with E-state index in [-0.39, 0.29) is 5.54 Å². The van der Waals surface area contributed by atoms with Crippen LogP contribution in [0, 0.1) is 5.92 Å². The third-order valence-electron chi connectivity index (χ3n) is 4.83. The quantitative estimate of drug-likeness (QED) is 0.705. The van der Waals surface area contributed by atoms with Crippen molar-refractivity contribution in [1.29, 1.82) is 0 Å². The zero-order valence-electron chi connectivity index (χ0n) is 11.0. The molecule has 3 aliphatic rings. The van der Waals surface area contributed by atoms with Crippen molar-refractivity contribution in [1.82, 2.24) is 5.06 Å². The van der Waals surface area contributed by atoms with Gasteiger partial charge in [0.15, 0.2) is 5.79 Å². The zero-order valence-corrected chi connectivity index (χ0v) is 11.0. The molecule has 3 rings (SSSR count). The molecule has 2 aliphatic heterocycles. The Labute approximate surface area is 103 Å². The molecule has 97 valence electrons. The Bertz CT molecular complexity index is 317. The summed E-state index contributed by atoms with van der Waals surface area (Å²) in [6.07, 6.45) is 4.30. The van der Waals surface area contributed by atoms with Crippen LogP contribution in [0.4, 0.5) is 0 Å². The molecular formula is C13H22NO3. The predicted octanol–water partition coefficient (Wildman–Crippen LogP) is 2.12. The fraction of sp³-hybridized carbons (Fsp3) is 1.00. The van der Waals surface area contributed by atoms with Crippen molar-refractivity contribution >= 4 is 0 Å². The second-order valence-electron chi connectivity index (χ2n) is 6.63. The number of hydroxylamine groups is 2. The Morgan fingerprint density at radius 1 is 1.06 bits per heavy atom. The Kier molecular flexibility index (Phi) is 2.41. The molecule has 0 aromatic rings. The van der Waals surface area contributed by atoms with E-state index >= 15 is 0 Å². The van der Waals surface area contributed by atoms with Crippen molar-refractivity contribution in [2.45, 2.75) is 63.3 Å². The minimum Gasteiger partial charge on any atom is -0.348 e. The van der Waals surface area contributed by atoms with Crippen LogP contribution in [0.1, 0.15) is 46.5 Å². The lowest BCUT2D eigenvalue weighted by molar-refractivity contribution is -0.346. The van der Waals surface area contributed by atoms with E-state index in [4.69, 9.17) is 9.47 Å². The summed E-state index contributed by atoms with van der Waals surface area (Å²) in [6, 6.07) is 0. The van der Waals surface area contributed by atoms with Crippen molar-refractivity contribution < 1.29 is 14.7 Å². The first-order chi connectivity index (χ1) is 7.88. The molecular weight excluding hydrogens is 218 g/mol. The summed E-state index contributed by atoms with van der Waals surface area (Å²) in [7, 11) is 0. The molecule has 0 aromatic carbocycles. The molecule has 0 bridgehead atoms. The van der Waals surface area contributed by atoms with Crippen LogP contribution in [-0.4, -0.2) is 35.1 Å². The molecule has 0 amide bonds. The molecule has 1 saturated carbocycles. The molecule has 0 N–H and O–H groups in total. The second kappa shape index (κ2) is 3.44. The van der Waals surface area contributed by atoms with Crippen molar-refractivity contribution in [2.24, 2.45) is 5.92 Å². The first kappa shape index (κ1) is 11.9. The summed E-state index contributed by atoms with van der Waals surface area (Å²) in [6.45, 7) is 6.94. The van der Waals surface area contributed by atoms with Gasteiger partial charge in [0, 0.05) is 0 Å². The number of nitrogens with zero attached hydrogens (tertiary/aromatic N) is 1. The van der Waals surface area contributed by atoms with Crippen molar-refractivity contribution in [2.75, 3.05) is 13.2 Å². The van der Waals surface area contributed by atoms with E-state index in [0.29, 0.717) is 19.1 Å². The van der Waals surface area contributed by atoms with Crippen molar-refractivity contribution in [3.63, 3.8) is 0 Å². The van der Waals surface area contributed by atoms with E-state index in [2.05, 4.69) is 6.92 Å². The molecule has 17 heavy (non-hydrogen) atoms. The van der Waals surface area contributed by atoms with E-state index in [9.17, 15) is 5.21 Å². The van der Waals surface area contributed by atoms with Crippen molar-refractivity contribution in [3.8, 4) is 0 Å². The maximum atomic E-state index is 12.7. The summed E-state index contributed by atoms with van der Waals surface area (Å²) < 4.78 is 11.4. The van der Waals surface area contributed by atoms with Crippen LogP contribution in [0.15, 0.2) is 0 Å². The van der Waals surface area contributed by atoms with Crippen molar-refractivity contribution in [3.05, 3.63) is 0 Å². The van der Waals surface area contributed by atoms with E-state index in [1.807, 2.05) is 13.8 Å². The Hall–Kier alpha value is -0.160. The van der Waals surface area contributed by atoms with Gasteiger partial charge < -0.3 is 9.47 Å². The average Bonchev–Trinajstić information content (AvgIpc) is 3.08. The van der Waals surface area contributed by atoms with Crippen LogP contribution in [0.25, 0.3) is 0 Å². The largest absolute Gasteiger partial charge is 0.348 e. The maximum Gasteiger partial charge on any atom is 0.162 e. The van der Waals surface area contributed by atoms with Gasteiger partial charge in [-0.2, -0.15) is 0 Å². The highest BCUT2D eigenvalue weighted by Crippen LogP contribution is 2.53. The molecule has 2 saturated heterocycles. The normalized spacial score (nSPS) is 40.9. The van der Waals surface area contributed by atoms with Gasteiger partial charge in [-0.3, -0.25) is 0 Å². The summed E-state index contributed by atoms with van der Waals surface area (Å²) in [4.78, 5) is 0. The first-order valence-corrected chi connectivity index (χ1v) is 6.63. The van der Waals surface area contributed by atoms with Gasteiger partial charge in [0.1, 0.15) is 0 Å². The molecule has 4 heteroatoms. The molecule has 3 fully saturated rings. The van der Waals surface area contributed by atoms with Gasteiger partial charge >= 0.3 is 0 Å². The lowest BCUT2D eigenvalue weighted by atomic mass is 9.93. The van der Waals surface area contributed by atoms with Crippen LogP contribution in [0.2, 0.25) is 0 Å². The Balaban J connectivity index is 1.77. The standard InChI is InChI=1S/C13H22NO3/c1-11(2)16-8-13(9-17-11)7-6-12(3,14(13)15)10-4-5-10/h10H,4-9H2,1-3H3. The van der Waals surface area contributed by atoms with Gasteiger partial charge in [0.25, 0.3) is 0 Å². The highest BCUT2D eigenvalue weighted by atomic mass is 16.7. The van der Waals surface area contributed by atoms with E-state index in [1.54, 1.807) is 0 Å². The molecule has 1 atom stereocenters. The first-order valence-electron chi connectivity index (χ1n) is 6.63. The van der Waals surface area contributed by atoms with Gasteiger partial charge in [0.2, 0.25) is 0 Å². The Morgan fingerprint density at radius 3 is 2.18 bits per heavy atom. The summed E-state index contributed by atoms with van der Waals surface area (Å²) in [5.74, 6) is 0.0549. The molecule has 4 nitrogen and oxygen atoms in total. The van der Waals surface area contributed by atoms with E-state index < -0.39 is 11.3 Å². The van der Waals surface area contributed by atoms with Crippen LogP contribution in [-0.2, 0) is 14.7 Å². The number of hydrogen-bond acceptors (Lipinski definition) is 3. The topological polar surface area (TPSA) is 41.6 Å². The number of hydrogen-bond donors (Lipinski definition) is 0. The monoisotopic (exact) mass is 240 g/mol. The van der Waals surface area contributed by atoms with Gasteiger partial charge in [-0.1, -0.05) is 0 Å². The van der Waals surface area contributed by atoms with Gasteiger partial charge in [0.05, 0.1) is 24.3 Å². The fourth-order valence-electron chi connectivity index (χ4n) is 3.27. The van der Waals surface area contributed by atoms with Gasteiger partial charge in [-0.05, 0) is 52.4 Å². The lowest BCUT2D eigenvalue weighted by Crippen LogP contribution is -2.60. The molecule has 1 aliphatic carbocycles. The fourth-order valence-corrected chi connectivity index (χ4v) is 3.27. The average molecular weight is 240 g/mol. The summed E-state index contributed by atoms with van der Waals surface area (Å²) in [5.41, 5.74) is -0.596. The van der Waals surface area contributed by atoms with Gasteiger partial charge in [-0.25, -0.2) is 0 Å². The third kappa shape index (κ3) is 1.73. The third-order valence-corrected chi connectivity index (χ3v) is 4.83. The highest BCUT2D eigenvalue weighted by Gasteiger charge is 2.61. The maximum absolute atomic E-state index is 12.7. The minimum absolute atomic E-state index is 0.172. The van der Waals surface area contributed by atoms with Gasteiger partial charge in [-0.15, -0.1) is 10.3 Å². The Morgan fingerprint density at radius 2 is 1.65 bits per heavy atom. The highest BCUT2D eigenvalue weighted by molar-refractivity contribution is 5.10. The van der Waals surface area contributed by atoms with Crippen LogP contribution >= 0.6 is 0 Å². The van der Waals surface area contributed by atoms with E-state index in [1.165, 1.54) is 17.9 Å². The van der Waals surface area contributed by atoms with Crippen LogP contribution in [0.3, 0.4) is 0 Å². The molecule has 1 radical (unpaired) electrons. The number of rotatable bonds is 1. The predicted molar refractivity (Wildman–Crippen MR) is 61.6 cm³/mol. The molecule has 1 unspecified atom stereocenters. The molecule has 2 heterocycles. The zero-order chi connectivity index (χ0) is 12.3. The van der Waals surface area contributed by atoms with Crippen LogP contribution < -0.4 is 0 Å². The smallest absolute Gasteiger partial charge is 0.162 e. The van der Waals surface area contributed by atoms with Crippen LogP contribution in [0.5, 0.6) is 0 Å². The minimum atomic E-state index is -0.537. The van der Waals surface area contributed by atoms with E-state index in [0.717, 1.165) is 12.8 Å².